The van der Waals surface area contributed by atoms with E-state index in [1.54, 1.807) is 0 Å². The molecule has 28 heavy (non-hydrogen) atoms. The van der Waals surface area contributed by atoms with Gasteiger partial charge in [0.1, 0.15) is 24.3 Å². The van der Waals surface area contributed by atoms with Crippen molar-refractivity contribution in [3.63, 3.8) is 0 Å². The zero-order valence-electron chi connectivity index (χ0n) is 14.1. The van der Waals surface area contributed by atoms with E-state index in [9.17, 15) is 19.2 Å². The Morgan fingerprint density at radius 3 is 1.04 bits per heavy atom. The second-order valence-electron chi connectivity index (χ2n) is 5.01. The van der Waals surface area contributed by atoms with Gasteiger partial charge >= 0.3 is 23.9 Å². The van der Waals surface area contributed by atoms with Crippen molar-refractivity contribution in [1.29, 1.82) is 0 Å². The van der Waals surface area contributed by atoms with Crippen LogP contribution in [0, 0.1) is 0 Å². The van der Waals surface area contributed by atoms with Gasteiger partial charge in [-0.05, 0) is 0 Å². The SMILES string of the molecule is NC(CSSCC(N)C(=O)O)C(=O)O.O=C(O)[C@@H](O)[C@H](O)[C@H](O)[C@@H](O)C(=O)O. The van der Waals surface area contributed by atoms with Gasteiger partial charge in [-0.25, -0.2) is 9.59 Å². The molecule has 0 fully saturated rings. The molecule has 0 aliphatic heterocycles. The maximum absolute atomic E-state index is 10.3. The Morgan fingerprint density at radius 2 is 0.857 bits per heavy atom. The van der Waals surface area contributed by atoms with Gasteiger partial charge in [0.2, 0.25) is 0 Å². The van der Waals surface area contributed by atoms with Crippen LogP contribution in [0.3, 0.4) is 0 Å². The molecule has 12 N–H and O–H groups in total. The second kappa shape index (κ2) is 14.4. The molecule has 0 aromatic heterocycles. The van der Waals surface area contributed by atoms with Gasteiger partial charge in [0.05, 0.1) is 0 Å². The van der Waals surface area contributed by atoms with E-state index in [-0.39, 0.29) is 11.5 Å². The van der Waals surface area contributed by atoms with Gasteiger partial charge < -0.3 is 52.3 Å². The molecule has 164 valence electrons. The lowest BCUT2D eigenvalue weighted by atomic mass is 10.0. The molecule has 0 saturated heterocycles. The number of aliphatic hydroxyl groups is 4. The van der Waals surface area contributed by atoms with Crippen LogP contribution in [-0.2, 0) is 19.2 Å². The van der Waals surface area contributed by atoms with E-state index < -0.39 is 60.4 Å². The number of carboxylic acid groups (broad SMARTS) is 4. The van der Waals surface area contributed by atoms with Crippen molar-refractivity contribution in [2.75, 3.05) is 11.5 Å². The molecule has 0 aromatic rings. The quantitative estimate of drug-likeness (QED) is 0.0995. The highest BCUT2D eigenvalue weighted by Gasteiger charge is 2.37. The lowest BCUT2D eigenvalue weighted by molar-refractivity contribution is -0.172. The summed E-state index contributed by atoms with van der Waals surface area (Å²) in [4.78, 5) is 40.7. The number of hydrogen-bond donors (Lipinski definition) is 10. The summed E-state index contributed by atoms with van der Waals surface area (Å²) in [5, 5.41) is 68.3. The van der Waals surface area contributed by atoms with E-state index in [1.807, 2.05) is 0 Å². The molecule has 0 rings (SSSR count). The smallest absolute Gasteiger partial charge is 0.335 e. The van der Waals surface area contributed by atoms with Gasteiger partial charge in [0, 0.05) is 11.5 Å². The molecule has 0 aromatic carbocycles. The third-order valence-electron chi connectivity index (χ3n) is 2.72. The molecule has 6 atom stereocenters. The van der Waals surface area contributed by atoms with Crippen molar-refractivity contribution >= 4 is 45.5 Å². The highest BCUT2D eigenvalue weighted by molar-refractivity contribution is 8.76. The van der Waals surface area contributed by atoms with Gasteiger partial charge in [-0.1, -0.05) is 21.6 Å². The molecular formula is C12H22N2O12S2. The van der Waals surface area contributed by atoms with Gasteiger partial charge in [-0.2, -0.15) is 0 Å². The maximum atomic E-state index is 10.3. The van der Waals surface area contributed by atoms with E-state index in [0.29, 0.717) is 0 Å². The summed E-state index contributed by atoms with van der Waals surface area (Å²) in [6.45, 7) is 0. The number of nitrogens with two attached hydrogens (primary N) is 2. The molecule has 0 aliphatic rings. The third-order valence-corrected chi connectivity index (χ3v) is 5.19. The predicted molar refractivity (Wildman–Crippen MR) is 95.4 cm³/mol. The minimum Gasteiger partial charge on any atom is -0.480 e. The lowest BCUT2D eigenvalue weighted by Crippen LogP contribution is -2.49. The van der Waals surface area contributed by atoms with Crippen molar-refractivity contribution < 1.29 is 60.0 Å². The molecule has 0 spiro atoms. The van der Waals surface area contributed by atoms with Gasteiger partial charge in [0.25, 0.3) is 0 Å². The predicted octanol–water partition coefficient (Wildman–Crippen LogP) is -4.21. The summed E-state index contributed by atoms with van der Waals surface area (Å²) in [6.07, 6.45) is -9.28. The van der Waals surface area contributed by atoms with Crippen LogP contribution in [0.15, 0.2) is 0 Å². The average Bonchev–Trinajstić information content (AvgIpc) is 2.62. The monoisotopic (exact) mass is 450 g/mol. The summed E-state index contributed by atoms with van der Waals surface area (Å²) in [6, 6.07) is -1.85. The van der Waals surface area contributed by atoms with E-state index >= 15 is 0 Å². The first-order valence-electron chi connectivity index (χ1n) is 7.13. The Bertz CT molecular complexity index is 491. The summed E-state index contributed by atoms with van der Waals surface area (Å²) >= 11 is 0. The van der Waals surface area contributed by atoms with Crippen molar-refractivity contribution in [3.8, 4) is 0 Å². The summed E-state index contributed by atoms with van der Waals surface area (Å²) in [5.41, 5.74) is 10.4. The maximum Gasteiger partial charge on any atom is 0.335 e. The van der Waals surface area contributed by atoms with Crippen molar-refractivity contribution in [3.05, 3.63) is 0 Å². The van der Waals surface area contributed by atoms with Crippen LogP contribution in [0.4, 0.5) is 0 Å². The Morgan fingerprint density at radius 1 is 0.607 bits per heavy atom. The van der Waals surface area contributed by atoms with E-state index in [0.717, 1.165) is 0 Å². The molecular weight excluding hydrogens is 428 g/mol. The number of aliphatic hydroxyl groups excluding tert-OH is 4. The van der Waals surface area contributed by atoms with Crippen LogP contribution in [0.25, 0.3) is 0 Å². The fourth-order valence-corrected chi connectivity index (χ4v) is 3.28. The lowest BCUT2D eigenvalue weighted by Gasteiger charge is -2.21. The molecule has 0 bridgehead atoms. The van der Waals surface area contributed by atoms with Gasteiger partial charge in [-0.3, -0.25) is 9.59 Å². The fraction of sp³-hybridized carbons (Fsp3) is 0.667. The van der Waals surface area contributed by atoms with E-state index in [2.05, 4.69) is 0 Å². The number of carbonyl (C=O) groups is 4. The molecule has 0 aliphatic carbocycles. The first-order valence-corrected chi connectivity index (χ1v) is 9.61. The van der Waals surface area contributed by atoms with Crippen LogP contribution >= 0.6 is 21.6 Å². The first kappa shape index (κ1) is 28.5. The third kappa shape index (κ3) is 11.9. The summed E-state index contributed by atoms with van der Waals surface area (Å²) in [5.74, 6) is -5.36. The molecule has 0 heterocycles. The van der Waals surface area contributed by atoms with Crippen molar-refractivity contribution in [2.45, 2.75) is 36.5 Å². The number of rotatable bonds is 12. The van der Waals surface area contributed by atoms with Crippen LogP contribution in [0.2, 0.25) is 0 Å². The van der Waals surface area contributed by atoms with Crippen LogP contribution in [0.1, 0.15) is 0 Å². The van der Waals surface area contributed by atoms with Crippen LogP contribution in [-0.4, -0.2) is 113 Å². The molecule has 16 heteroatoms. The molecule has 2 unspecified atom stereocenters. The highest BCUT2D eigenvalue weighted by Crippen LogP contribution is 2.22. The molecule has 0 radical (unpaired) electrons. The number of aliphatic carboxylic acids is 4. The van der Waals surface area contributed by atoms with Crippen LogP contribution in [0.5, 0.6) is 0 Å². The molecule has 0 saturated carbocycles. The number of hydrogen-bond acceptors (Lipinski definition) is 12. The topological polar surface area (TPSA) is 282 Å². The summed E-state index contributed by atoms with van der Waals surface area (Å²) in [7, 11) is 2.41. The Balaban J connectivity index is 0. The Hall–Kier alpha value is -1.66. The zero-order valence-corrected chi connectivity index (χ0v) is 15.7. The van der Waals surface area contributed by atoms with Crippen molar-refractivity contribution in [1.82, 2.24) is 0 Å². The minimum absolute atomic E-state index is 0.229. The average molecular weight is 450 g/mol. The standard InChI is InChI=1S/C6H12N2O4S2.C6H10O8/c7-3(5(9)10)1-13-14-2-4(8)6(11)12;7-1(3(9)5(11)12)2(8)4(10)6(13)14/h3-4H,1-2,7-8H2,(H,9,10)(H,11,12);1-4,7-10H,(H,11,12)(H,13,14)/t;1-,2+,3+,4-. The van der Waals surface area contributed by atoms with Gasteiger partial charge in [0.15, 0.2) is 12.2 Å². The Kier molecular flexibility index (Phi) is 14.6. The largest absolute Gasteiger partial charge is 0.480 e. The van der Waals surface area contributed by atoms with Crippen molar-refractivity contribution in [2.24, 2.45) is 11.5 Å². The molecule has 0 amide bonds. The van der Waals surface area contributed by atoms with E-state index in [4.69, 9.17) is 52.3 Å². The Labute approximate surface area is 165 Å². The highest BCUT2D eigenvalue weighted by atomic mass is 33.1. The van der Waals surface area contributed by atoms with Crippen LogP contribution < -0.4 is 11.5 Å². The second-order valence-corrected chi connectivity index (χ2v) is 7.56. The molecule has 14 nitrogen and oxygen atoms in total. The van der Waals surface area contributed by atoms with Gasteiger partial charge in [-0.15, -0.1) is 0 Å². The minimum atomic E-state index is -2.36. The fourth-order valence-electron chi connectivity index (χ4n) is 1.05. The zero-order chi connectivity index (χ0) is 22.6. The van der Waals surface area contributed by atoms with E-state index in [1.165, 1.54) is 21.6 Å². The first-order chi connectivity index (χ1) is 12.7. The normalized spacial score (nSPS) is 17.1. The number of carboxylic acids is 4. The summed E-state index contributed by atoms with van der Waals surface area (Å²) < 4.78 is 0.